The number of pyridine rings is 1. The Hall–Kier alpha value is -3.72. The van der Waals surface area contributed by atoms with Gasteiger partial charge in [-0.15, -0.1) is 0 Å². The maximum absolute atomic E-state index is 13.8. The molecule has 9 heteroatoms. The van der Waals surface area contributed by atoms with Crippen molar-refractivity contribution in [3.05, 3.63) is 83.4 Å². The molecule has 7 nitrogen and oxygen atoms in total. The molecule has 1 saturated heterocycles. The van der Waals surface area contributed by atoms with E-state index in [0.29, 0.717) is 40.6 Å². The summed E-state index contributed by atoms with van der Waals surface area (Å²) in [6, 6.07) is 12.0. The number of halogens is 2. The number of carbonyl (C=O) groups is 1. The van der Waals surface area contributed by atoms with Gasteiger partial charge in [0.25, 0.3) is 11.8 Å². The highest BCUT2D eigenvalue weighted by Gasteiger charge is 2.25. The van der Waals surface area contributed by atoms with Crippen LogP contribution in [0.4, 0.5) is 8.78 Å². The molecule has 0 aliphatic carbocycles. The van der Waals surface area contributed by atoms with Gasteiger partial charge in [-0.05, 0) is 62.9 Å². The summed E-state index contributed by atoms with van der Waals surface area (Å²) in [6.45, 7) is 6.32. The van der Waals surface area contributed by atoms with E-state index >= 15 is 0 Å². The SMILES string of the molecule is Cc1c(C(=O)NCCC2CCN(Cc3cccnc3)CC2)cnc2cc(-c3cccc(C(C)(F)F)c3)nn12. The van der Waals surface area contributed by atoms with E-state index in [9.17, 15) is 13.6 Å². The van der Waals surface area contributed by atoms with Gasteiger partial charge in [0.2, 0.25) is 0 Å². The molecular weight excluding hydrogens is 486 g/mol. The molecular formula is C29H32F2N6O. The van der Waals surface area contributed by atoms with Gasteiger partial charge in [-0.25, -0.2) is 18.3 Å². The number of hydrogen-bond donors (Lipinski definition) is 1. The number of nitrogens with one attached hydrogen (secondary N) is 1. The van der Waals surface area contributed by atoms with Crippen LogP contribution in [0, 0.1) is 12.8 Å². The number of rotatable bonds is 8. The Morgan fingerprint density at radius 1 is 1.13 bits per heavy atom. The number of aromatic nitrogens is 4. The molecule has 1 aromatic carbocycles. The van der Waals surface area contributed by atoms with Crippen molar-refractivity contribution in [2.45, 2.75) is 45.6 Å². The van der Waals surface area contributed by atoms with Gasteiger partial charge in [0.15, 0.2) is 5.65 Å². The minimum absolute atomic E-state index is 0.0732. The summed E-state index contributed by atoms with van der Waals surface area (Å²) in [4.78, 5) is 24.0. The zero-order chi connectivity index (χ0) is 26.7. The predicted molar refractivity (Wildman–Crippen MR) is 142 cm³/mol. The van der Waals surface area contributed by atoms with Crippen LogP contribution < -0.4 is 5.32 Å². The lowest BCUT2D eigenvalue weighted by Crippen LogP contribution is -2.35. The molecule has 4 heterocycles. The van der Waals surface area contributed by atoms with Crippen molar-refractivity contribution in [3.8, 4) is 11.3 Å². The van der Waals surface area contributed by atoms with E-state index < -0.39 is 5.92 Å². The van der Waals surface area contributed by atoms with Crippen LogP contribution >= 0.6 is 0 Å². The van der Waals surface area contributed by atoms with Gasteiger partial charge in [-0.1, -0.05) is 24.3 Å². The Balaban J connectivity index is 1.17. The second-order valence-electron chi connectivity index (χ2n) is 10.2. The zero-order valence-electron chi connectivity index (χ0n) is 21.7. The van der Waals surface area contributed by atoms with Crippen LogP contribution in [0.25, 0.3) is 16.9 Å². The van der Waals surface area contributed by atoms with E-state index in [-0.39, 0.29) is 11.5 Å². The Morgan fingerprint density at radius 3 is 2.68 bits per heavy atom. The molecule has 1 amide bonds. The predicted octanol–water partition coefficient (Wildman–Crippen LogP) is 5.24. The Morgan fingerprint density at radius 2 is 1.95 bits per heavy atom. The number of aryl methyl sites for hydroxylation is 1. The lowest BCUT2D eigenvalue weighted by molar-refractivity contribution is 0.0175. The van der Waals surface area contributed by atoms with Crippen LogP contribution in [-0.4, -0.2) is 50.0 Å². The van der Waals surface area contributed by atoms with Crippen LogP contribution in [0.3, 0.4) is 0 Å². The molecule has 0 saturated carbocycles. The van der Waals surface area contributed by atoms with E-state index in [2.05, 4.69) is 31.3 Å². The molecule has 1 N–H and O–H groups in total. The molecule has 5 rings (SSSR count). The lowest BCUT2D eigenvalue weighted by Gasteiger charge is -2.32. The summed E-state index contributed by atoms with van der Waals surface area (Å²) in [6.07, 6.45) is 8.44. The summed E-state index contributed by atoms with van der Waals surface area (Å²) in [5.74, 6) is -2.54. The highest BCUT2D eigenvalue weighted by atomic mass is 19.3. The molecule has 4 aromatic rings. The van der Waals surface area contributed by atoms with Crippen molar-refractivity contribution >= 4 is 11.6 Å². The Kier molecular flexibility index (Phi) is 7.46. The molecule has 38 heavy (non-hydrogen) atoms. The molecule has 0 unspecified atom stereocenters. The molecule has 0 spiro atoms. The van der Waals surface area contributed by atoms with Gasteiger partial charge < -0.3 is 5.32 Å². The number of nitrogens with zero attached hydrogens (tertiary/aromatic N) is 5. The third-order valence-corrected chi connectivity index (χ3v) is 7.31. The maximum Gasteiger partial charge on any atom is 0.270 e. The van der Waals surface area contributed by atoms with Crippen molar-refractivity contribution in [1.29, 1.82) is 0 Å². The molecule has 1 aliphatic heterocycles. The largest absolute Gasteiger partial charge is 0.352 e. The van der Waals surface area contributed by atoms with E-state index in [1.54, 1.807) is 35.1 Å². The number of likely N-dealkylation sites (tertiary alicyclic amines) is 1. The monoisotopic (exact) mass is 518 g/mol. The van der Waals surface area contributed by atoms with Gasteiger partial charge in [-0.2, -0.15) is 5.10 Å². The lowest BCUT2D eigenvalue weighted by atomic mass is 9.93. The fourth-order valence-corrected chi connectivity index (χ4v) is 5.03. The molecule has 1 fully saturated rings. The number of benzene rings is 1. The smallest absolute Gasteiger partial charge is 0.270 e. The van der Waals surface area contributed by atoms with E-state index in [4.69, 9.17) is 0 Å². The topological polar surface area (TPSA) is 75.4 Å². The fraction of sp³-hybridized carbons (Fsp3) is 0.379. The number of piperidine rings is 1. The average molecular weight is 519 g/mol. The highest BCUT2D eigenvalue weighted by molar-refractivity contribution is 5.95. The summed E-state index contributed by atoms with van der Waals surface area (Å²) < 4.78 is 29.2. The molecule has 198 valence electrons. The Bertz CT molecular complexity index is 1410. The van der Waals surface area contributed by atoms with Crippen LogP contribution in [0.5, 0.6) is 0 Å². The summed E-state index contributed by atoms with van der Waals surface area (Å²) in [5, 5.41) is 7.60. The Labute approximate surface area is 220 Å². The van der Waals surface area contributed by atoms with Crippen LogP contribution in [0.2, 0.25) is 0 Å². The number of hydrogen-bond acceptors (Lipinski definition) is 5. The summed E-state index contributed by atoms with van der Waals surface area (Å²) in [5.41, 5.74) is 3.92. The number of carbonyl (C=O) groups excluding carboxylic acids is 1. The van der Waals surface area contributed by atoms with E-state index in [0.717, 1.165) is 45.8 Å². The molecule has 0 radical (unpaired) electrons. The molecule has 1 aliphatic rings. The first kappa shape index (κ1) is 25.9. The maximum atomic E-state index is 13.8. The highest BCUT2D eigenvalue weighted by Crippen LogP contribution is 2.30. The number of alkyl halides is 2. The van der Waals surface area contributed by atoms with Gasteiger partial charge in [0.05, 0.1) is 17.0 Å². The third-order valence-electron chi connectivity index (χ3n) is 7.31. The van der Waals surface area contributed by atoms with E-state index in [1.165, 1.54) is 17.7 Å². The minimum Gasteiger partial charge on any atom is -0.352 e. The molecule has 0 atom stereocenters. The molecule has 3 aromatic heterocycles. The van der Waals surface area contributed by atoms with Crippen molar-refractivity contribution in [2.75, 3.05) is 19.6 Å². The normalized spacial score (nSPS) is 15.2. The number of fused-ring (bicyclic) bond motifs is 1. The van der Waals surface area contributed by atoms with Gasteiger partial charge >= 0.3 is 0 Å². The van der Waals surface area contributed by atoms with Crippen LogP contribution in [-0.2, 0) is 12.5 Å². The van der Waals surface area contributed by atoms with Gasteiger partial charge in [0, 0.05) is 55.8 Å². The van der Waals surface area contributed by atoms with Crippen molar-refractivity contribution < 1.29 is 13.6 Å². The first-order chi connectivity index (χ1) is 18.3. The second-order valence-corrected chi connectivity index (χ2v) is 10.2. The minimum atomic E-state index is -2.94. The van der Waals surface area contributed by atoms with Crippen molar-refractivity contribution in [1.82, 2.24) is 29.8 Å². The standard InChI is InChI=1S/C29H32F2N6O/c1-20-25(18-34-27-16-26(35-37(20)27)23-6-3-7-24(15-23)29(2,30)31)28(38)33-12-8-21-9-13-36(14-10-21)19-22-5-4-11-32-17-22/h3-7,11,15-18,21H,8-10,12-14,19H2,1-2H3,(H,33,38). The quantitative estimate of drug-likeness (QED) is 0.345. The van der Waals surface area contributed by atoms with Crippen LogP contribution in [0.1, 0.15) is 53.4 Å². The first-order valence-electron chi connectivity index (χ1n) is 13.0. The van der Waals surface area contributed by atoms with Crippen molar-refractivity contribution in [2.24, 2.45) is 5.92 Å². The number of amides is 1. The fourth-order valence-electron chi connectivity index (χ4n) is 5.03. The first-order valence-corrected chi connectivity index (χ1v) is 13.0. The van der Waals surface area contributed by atoms with Gasteiger partial charge in [-0.3, -0.25) is 14.7 Å². The third kappa shape index (κ3) is 5.88. The summed E-state index contributed by atoms with van der Waals surface area (Å²) >= 11 is 0. The molecule has 0 bridgehead atoms. The van der Waals surface area contributed by atoms with Crippen molar-refractivity contribution in [3.63, 3.8) is 0 Å². The second kappa shape index (κ2) is 10.9. The summed E-state index contributed by atoms with van der Waals surface area (Å²) in [7, 11) is 0. The van der Waals surface area contributed by atoms with E-state index in [1.807, 2.05) is 19.2 Å². The zero-order valence-corrected chi connectivity index (χ0v) is 21.7. The van der Waals surface area contributed by atoms with Crippen LogP contribution in [0.15, 0.2) is 61.1 Å². The average Bonchev–Trinajstić information content (AvgIpc) is 3.36. The van der Waals surface area contributed by atoms with Gasteiger partial charge in [0.1, 0.15) is 0 Å².